The molecule has 9 heteroatoms. The number of pyridine rings is 2. The molecular weight excluding hydrogens is 432 g/mol. The molecule has 32 heavy (non-hydrogen) atoms. The number of para-hydroxylation sites is 2. The van der Waals surface area contributed by atoms with Crippen LogP contribution in [0.4, 0.5) is 0 Å². The van der Waals surface area contributed by atoms with E-state index < -0.39 is 23.4 Å². The molecule has 2 aromatic carbocycles. The van der Waals surface area contributed by atoms with E-state index in [0.717, 1.165) is 11.8 Å². The van der Waals surface area contributed by atoms with Crippen LogP contribution in [0.1, 0.15) is 38.3 Å². The third-order valence-electron chi connectivity index (χ3n) is 4.81. The molecule has 0 bridgehead atoms. The summed E-state index contributed by atoms with van der Waals surface area (Å²) in [4.78, 5) is 45.9. The Labute approximate surface area is 185 Å². The van der Waals surface area contributed by atoms with E-state index in [4.69, 9.17) is 4.74 Å². The summed E-state index contributed by atoms with van der Waals surface area (Å²) >= 11 is 1.11. The number of esters is 1. The number of aromatic carboxylic acids is 1. The normalized spacial score (nSPS) is 10.9. The van der Waals surface area contributed by atoms with E-state index in [9.17, 15) is 24.6 Å². The number of ether oxygens (including phenoxy) is 1. The molecule has 0 amide bonds. The van der Waals surface area contributed by atoms with Crippen molar-refractivity contribution in [1.82, 2.24) is 9.97 Å². The maximum Gasteiger partial charge on any atom is 0.363 e. The fourth-order valence-electron chi connectivity index (χ4n) is 3.42. The molecule has 4 rings (SSSR count). The molecule has 0 fully saturated rings. The average Bonchev–Trinajstić information content (AvgIpc) is 2.78. The van der Waals surface area contributed by atoms with Crippen LogP contribution in [0.15, 0.2) is 53.4 Å². The second-order valence-corrected chi connectivity index (χ2v) is 7.61. The maximum atomic E-state index is 13.2. The number of thioether (sulfide) groups is 1. The second kappa shape index (κ2) is 8.27. The Morgan fingerprint density at radius 1 is 0.906 bits per heavy atom. The molecule has 0 radical (unpaired) electrons. The van der Waals surface area contributed by atoms with Gasteiger partial charge in [0.15, 0.2) is 22.9 Å². The highest BCUT2D eigenvalue weighted by atomic mass is 32.2. The summed E-state index contributed by atoms with van der Waals surface area (Å²) in [6.07, 6.45) is 1.67. The first-order valence-corrected chi connectivity index (χ1v) is 10.6. The highest BCUT2D eigenvalue weighted by Gasteiger charge is 2.28. The molecule has 0 aliphatic carbocycles. The molecule has 0 spiro atoms. The molecule has 2 N–H and O–H groups in total. The quantitative estimate of drug-likeness (QED) is 0.260. The van der Waals surface area contributed by atoms with Crippen molar-refractivity contribution < 1.29 is 29.3 Å². The third kappa shape index (κ3) is 3.52. The topological polar surface area (TPSA) is 127 Å². The third-order valence-corrected chi connectivity index (χ3v) is 5.61. The van der Waals surface area contributed by atoms with Gasteiger partial charge >= 0.3 is 11.9 Å². The Morgan fingerprint density at radius 3 is 2.06 bits per heavy atom. The molecule has 0 aliphatic rings. The van der Waals surface area contributed by atoms with Crippen molar-refractivity contribution in [1.29, 1.82) is 0 Å². The molecule has 0 aliphatic heterocycles. The van der Waals surface area contributed by atoms with Crippen molar-refractivity contribution in [2.75, 3.05) is 6.26 Å². The number of rotatable bonds is 5. The predicted molar refractivity (Wildman–Crippen MR) is 119 cm³/mol. The Hall–Kier alpha value is -3.98. The maximum absolute atomic E-state index is 13.2. The zero-order valence-corrected chi connectivity index (χ0v) is 17.8. The molecule has 160 valence electrons. The summed E-state index contributed by atoms with van der Waals surface area (Å²) < 4.78 is 5.59. The van der Waals surface area contributed by atoms with Crippen molar-refractivity contribution in [2.24, 2.45) is 0 Å². The molecule has 4 aromatic rings. The van der Waals surface area contributed by atoms with Crippen molar-refractivity contribution in [2.45, 2.75) is 11.8 Å². The van der Waals surface area contributed by atoms with Crippen molar-refractivity contribution in [3.8, 4) is 11.5 Å². The van der Waals surface area contributed by atoms with Gasteiger partial charge in [-0.15, -0.1) is 11.8 Å². The fourth-order valence-corrected chi connectivity index (χ4v) is 4.04. The van der Waals surface area contributed by atoms with E-state index in [1.54, 1.807) is 54.8 Å². The molecule has 2 heterocycles. The van der Waals surface area contributed by atoms with Crippen LogP contribution < -0.4 is 4.74 Å². The lowest BCUT2D eigenvalue weighted by Crippen LogP contribution is -2.17. The summed E-state index contributed by atoms with van der Waals surface area (Å²) in [6, 6.07) is 13.2. The lowest BCUT2D eigenvalue weighted by Gasteiger charge is -2.15. The van der Waals surface area contributed by atoms with Gasteiger partial charge in [0, 0.05) is 10.8 Å². The monoisotopic (exact) mass is 448 g/mol. The number of hydrogen-bond donors (Lipinski definition) is 2. The number of benzene rings is 2. The van der Waals surface area contributed by atoms with Crippen molar-refractivity contribution >= 4 is 51.3 Å². The van der Waals surface area contributed by atoms with Gasteiger partial charge in [0.2, 0.25) is 0 Å². The van der Waals surface area contributed by atoms with Crippen molar-refractivity contribution in [3.63, 3.8) is 0 Å². The minimum Gasteiger partial charge on any atom is -0.506 e. The Bertz CT molecular complexity index is 1430. The zero-order chi connectivity index (χ0) is 23.0. The van der Waals surface area contributed by atoms with Gasteiger partial charge in [0.05, 0.1) is 21.5 Å². The lowest BCUT2D eigenvalue weighted by atomic mass is 10.0. The number of carbonyl (C=O) groups excluding carboxylic acids is 2. The molecule has 0 atom stereocenters. The first kappa shape index (κ1) is 21.3. The first-order valence-electron chi connectivity index (χ1n) is 9.38. The predicted octanol–water partition coefficient (Wildman–Crippen LogP) is 4.33. The van der Waals surface area contributed by atoms with Crippen LogP contribution in [0.25, 0.3) is 21.8 Å². The number of carbonyl (C=O) groups is 3. The second-order valence-electron chi connectivity index (χ2n) is 6.79. The lowest BCUT2D eigenvalue weighted by molar-refractivity contribution is 0.0675. The highest BCUT2D eigenvalue weighted by Crippen LogP contribution is 2.37. The fraction of sp³-hybridized carbons (Fsp3) is 0.0870. The van der Waals surface area contributed by atoms with E-state index in [1.807, 2.05) is 0 Å². The van der Waals surface area contributed by atoms with Crippen LogP contribution in [-0.4, -0.2) is 44.2 Å². The number of nitrogens with zero attached hydrogens (tertiary/aromatic N) is 2. The smallest absolute Gasteiger partial charge is 0.363 e. The summed E-state index contributed by atoms with van der Waals surface area (Å²) in [5.41, 5.74) is -0.357. The molecule has 0 saturated carbocycles. The number of aromatic hydroxyl groups is 1. The average molecular weight is 448 g/mol. The molecule has 0 unspecified atom stereocenters. The largest absolute Gasteiger partial charge is 0.506 e. The van der Waals surface area contributed by atoms with Crippen LogP contribution in [0, 0.1) is 0 Å². The van der Waals surface area contributed by atoms with Crippen LogP contribution in [0.3, 0.4) is 0 Å². The van der Waals surface area contributed by atoms with Gasteiger partial charge in [-0.25, -0.2) is 19.6 Å². The molecule has 0 saturated heterocycles. The van der Waals surface area contributed by atoms with E-state index in [-0.39, 0.29) is 33.2 Å². The Kier molecular flexibility index (Phi) is 5.50. The number of ketones is 1. The van der Waals surface area contributed by atoms with Gasteiger partial charge in [-0.05, 0) is 37.4 Å². The van der Waals surface area contributed by atoms with Crippen LogP contribution in [0.2, 0.25) is 0 Å². The van der Waals surface area contributed by atoms with Gasteiger partial charge < -0.3 is 14.9 Å². The van der Waals surface area contributed by atoms with Crippen molar-refractivity contribution in [3.05, 3.63) is 65.5 Å². The van der Waals surface area contributed by atoms with Gasteiger partial charge in [-0.1, -0.05) is 24.3 Å². The molecule has 8 nitrogen and oxygen atoms in total. The Morgan fingerprint density at radius 2 is 1.47 bits per heavy atom. The van der Waals surface area contributed by atoms with E-state index in [2.05, 4.69) is 9.97 Å². The summed E-state index contributed by atoms with van der Waals surface area (Å²) in [7, 11) is 0. The van der Waals surface area contributed by atoms with Crippen LogP contribution >= 0.6 is 11.8 Å². The SMILES string of the molecule is CSc1c(C(=O)Oc2c(C(C)=O)c(C(=O)O)nc3ccccc23)nc2ccccc2c1O. The van der Waals surface area contributed by atoms with Crippen LogP contribution in [0.5, 0.6) is 11.5 Å². The number of Topliss-reactive ketones (excluding diaryl/α,β-unsaturated/α-hetero) is 1. The number of carboxylic acids is 1. The van der Waals surface area contributed by atoms with Gasteiger partial charge in [-0.3, -0.25) is 4.79 Å². The van der Waals surface area contributed by atoms with E-state index in [0.29, 0.717) is 16.3 Å². The minimum atomic E-state index is -1.43. The zero-order valence-electron chi connectivity index (χ0n) is 16.9. The standard InChI is InChI=1S/C23H16N2O6S/c1-11(26)16-17(22(28)29)24-15-10-6-4-8-13(15)20(16)31-23(30)18-21(32-2)19(27)12-7-3-5-9-14(12)25-18/h3-10H,1-2H3,(H,25,27)(H,28,29). The number of fused-ring (bicyclic) bond motifs is 2. The molecular formula is C23H16N2O6S. The number of carboxylic acid groups (broad SMARTS) is 1. The first-order chi connectivity index (χ1) is 15.3. The number of aromatic nitrogens is 2. The molecule has 2 aromatic heterocycles. The number of hydrogen-bond acceptors (Lipinski definition) is 8. The summed E-state index contributed by atoms with van der Waals surface area (Å²) in [5, 5.41) is 21.0. The van der Waals surface area contributed by atoms with E-state index >= 15 is 0 Å². The minimum absolute atomic E-state index is 0.118. The van der Waals surface area contributed by atoms with Gasteiger partial charge in [-0.2, -0.15) is 0 Å². The Balaban J connectivity index is 1.94. The van der Waals surface area contributed by atoms with Crippen LogP contribution in [-0.2, 0) is 0 Å². The summed E-state index contributed by atoms with van der Waals surface area (Å²) in [6.45, 7) is 1.17. The van der Waals surface area contributed by atoms with Gasteiger partial charge in [0.1, 0.15) is 5.75 Å². The van der Waals surface area contributed by atoms with Gasteiger partial charge in [0.25, 0.3) is 0 Å². The highest BCUT2D eigenvalue weighted by molar-refractivity contribution is 7.98. The van der Waals surface area contributed by atoms with E-state index in [1.165, 1.54) is 6.92 Å². The summed E-state index contributed by atoms with van der Waals surface area (Å²) in [5.74, 6) is -3.32.